The summed E-state index contributed by atoms with van der Waals surface area (Å²) in [6, 6.07) is 0. The van der Waals surface area contributed by atoms with Crippen molar-refractivity contribution in [1.82, 2.24) is 4.90 Å². The van der Waals surface area contributed by atoms with Gasteiger partial charge in [0.1, 0.15) is 0 Å². The van der Waals surface area contributed by atoms with Crippen LogP contribution in [0.1, 0.15) is 39.5 Å². The van der Waals surface area contributed by atoms with Crippen molar-refractivity contribution in [2.45, 2.75) is 39.5 Å². The quantitative estimate of drug-likeness (QED) is 0.744. The number of hydrogen-bond acceptors (Lipinski definition) is 2. The molecule has 0 aromatic rings. The number of aliphatic carboxylic acids is 1. The third-order valence-corrected chi connectivity index (χ3v) is 2.54. The van der Waals surface area contributed by atoms with Crippen LogP contribution in [0.3, 0.4) is 0 Å². The molecule has 3 nitrogen and oxygen atoms in total. The lowest BCUT2D eigenvalue weighted by molar-refractivity contribution is -0.134. The van der Waals surface area contributed by atoms with Gasteiger partial charge in [0.25, 0.3) is 5.97 Å². The van der Waals surface area contributed by atoms with E-state index in [1.807, 2.05) is 0 Å². The molecule has 1 saturated heterocycles. The molecule has 0 aliphatic carbocycles. The Balaban J connectivity index is 0.000000364. The second kappa shape index (κ2) is 7.80. The van der Waals surface area contributed by atoms with Crippen molar-refractivity contribution in [3.05, 3.63) is 0 Å². The summed E-state index contributed by atoms with van der Waals surface area (Å²) < 4.78 is 0. The van der Waals surface area contributed by atoms with Gasteiger partial charge in [-0.05, 0) is 38.9 Å². The second-order valence-corrected chi connectivity index (χ2v) is 4.05. The number of carboxylic acid groups (broad SMARTS) is 1. The SMILES string of the molecule is CC(=O)O.CCCC1CCN(C)CC1. The maximum absolute atomic E-state index is 9.00. The van der Waals surface area contributed by atoms with Crippen LogP contribution in [0.5, 0.6) is 0 Å². The van der Waals surface area contributed by atoms with Crippen molar-refractivity contribution >= 4 is 5.97 Å². The summed E-state index contributed by atoms with van der Waals surface area (Å²) in [5.74, 6) is 0.209. The van der Waals surface area contributed by atoms with Crippen LogP contribution < -0.4 is 0 Å². The third kappa shape index (κ3) is 8.05. The summed E-state index contributed by atoms with van der Waals surface area (Å²) in [5, 5.41) is 7.42. The topological polar surface area (TPSA) is 40.5 Å². The summed E-state index contributed by atoms with van der Waals surface area (Å²) in [6.07, 6.45) is 5.69. The van der Waals surface area contributed by atoms with E-state index >= 15 is 0 Å². The van der Waals surface area contributed by atoms with Gasteiger partial charge in [-0.25, -0.2) is 0 Å². The Labute approximate surface area is 87.1 Å². The van der Waals surface area contributed by atoms with E-state index < -0.39 is 5.97 Å². The summed E-state index contributed by atoms with van der Waals surface area (Å²) in [4.78, 5) is 11.4. The molecule has 14 heavy (non-hydrogen) atoms. The van der Waals surface area contributed by atoms with Crippen LogP contribution in [0.25, 0.3) is 0 Å². The molecule has 1 rings (SSSR count). The molecule has 0 saturated carbocycles. The highest BCUT2D eigenvalue weighted by atomic mass is 16.4. The Morgan fingerprint density at radius 2 is 1.86 bits per heavy atom. The van der Waals surface area contributed by atoms with Crippen molar-refractivity contribution in [3.8, 4) is 0 Å². The number of carboxylic acids is 1. The maximum atomic E-state index is 9.00. The number of rotatable bonds is 2. The minimum Gasteiger partial charge on any atom is -0.481 e. The van der Waals surface area contributed by atoms with Crippen molar-refractivity contribution in [2.75, 3.05) is 20.1 Å². The van der Waals surface area contributed by atoms with Gasteiger partial charge in [0.2, 0.25) is 0 Å². The van der Waals surface area contributed by atoms with E-state index in [4.69, 9.17) is 9.90 Å². The number of carbonyl (C=O) groups is 1. The highest BCUT2D eigenvalue weighted by Crippen LogP contribution is 2.20. The molecule has 0 amide bonds. The van der Waals surface area contributed by atoms with Gasteiger partial charge in [0.15, 0.2) is 0 Å². The van der Waals surface area contributed by atoms with Gasteiger partial charge >= 0.3 is 0 Å². The van der Waals surface area contributed by atoms with Crippen LogP contribution in [0.2, 0.25) is 0 Å². The summed E-state index contributed by atoms with van der Waals surface area (Å²) in [6.45, 7) is 6.02. The monoisotopic (exact) mass is 201 g/mol. The van der Waals surface area contributed by atoms with Gasteiger partial charge in [0, 0.05) is 6.92 Å². The van der Waals surface area contributed by atoms with E-state index in [2.05, 4.69) is 18.9 Å². The molecule has 1 fully saturated rings. The van der Waals surface area contributed by atoms with Gasteiger partial charge < -0.3 is 10.0 Å². The average Bonchev–Trinajstić information content (AvgIpc) is 2.08. The number of likely N-dealkylation sites (tertiary alicyclic amines) is 1. The lowest BCUT2D eigenvalue weighted by Crippen LogP contribution is -2.29. The molecule has 84 valence electrons. The molecular formula is C11H23NO2. The fraction of sp³-hybridized carbons (Fsp3) is 0.909. The van der Waals surface area contributed by atoms with Crippen molar-refractivity contribution in [1.29, 1.82) is 0 Å². The molecule has 0 aromatic carbocycles. The number of nitrogens with zero attached hydrogens (tertiary/aromatic N) is 1. The molecule has 1 heterocycles. The van der Waals surface area contributed by atoms with E-state index in [9.17, 15) is 0 Å². The minimum atomic E-state index is -0.833. The fourth-order valence-electron chi connectivity index (χ4n) is 1.76. The van der Waals surface area contributed by atoms with E-state index in [0.29, 0.717) is 0 Å². The van der Waals surface area contributed by atoms with Gasteiger partial charge in [-0.1, -0.05) is 19.8 Å². The summed E-state index contributed by atoms with van der Waals surface area (Å²) in [5.41, 5.74) is 0. The highest BCUT2D eigenvalue weighted by molar-refractivity contribution is 5.62. The lowest BCUT2D eigenvalue weighted by atomic mass is 9.93. The Morgan fingerprint density at radius 1 is 1.43 bits per heavy atom. The lowest BCUT2D eigenvalue weighted by Gasteiger charge is -2.28. The summed E-state index contributed by atoms with van der Waals surface area (Å²) >= 11 is 0. The van der Waals surface area contributed by atoms with Gasteiger partial charge in [0.05, 0.1) is 0 Å². The predicted molar refractivity (Wildman–Crippen MR) is 58.4 cm³/mol. The van der Waals surface area contributed by atoms with Gasteiger partial charge in [-0.2, -0.15) is 0 Å². The van der Waals surface area contributed by atoms with Crippen LogP contribution >= 0.6 is 0 Å². The predicted octanol–water partition coefficient (Wildman–Crippen LogP) is 2.22. The normalized spacial score (nSPS) is 18.5. The molecule has 1 N–H and O–H groups in total. The Bertz CT molecular complexity index is 147. The minimum absolute atomic E-state index is 0.833. The van der Waals surface area contributed by atoms with E-state index in [1.54, 1.807) is 0 Å². The van der Waals surface area contributed by atoms with Crippen LogP contribution in [0.15, 0.2) is 0 Å². The van der Waals surface area contributed by atoms with E-state index in [-0.39, 0.29) is 0 Å². The molecule has 1 aliphatic rings. The highest BCUT2D eigenvalue weighted by Gasteiger charge is 2.14. The first-order valence-electron chi connectivity index (χ1n) is 5.44. The van der Waals surface area contributed by atoms with Crippen LogP contribution in [0, 0.1) is 5.92 Å². The zero-order valence-corrected chi connectivity index (χ0v) is 9.62. The molecule has 0 aromatic heterocycles. The molecule has 1 aliphatic heterocycles. The number of piperidine rings is 1. The maximum Gasteiger partial charge on any atom is 0.300 e. The molecule has 3 heteroatoms. The Hall–Kier alpha value is -0.570. The van der Waals surface area contributed by atoms with Crippen molar-refractivity contribution in [3.63, 3.8) is 0 Å². The fourth-order valence-corrected chi connectivity index (χ4v) is 1.76. The Morgan fingerprint density at radius 3 is 2.21 bits per heavy atom. The second-order valence-electron chi connectivity index (χ2n) is 4.05. The van der Waals surface area contributed by atoms with Crippen LogP contribution in [-0.2, 0) is 4.79 Å². The van der Waals surface area contributed by atoms with E-state index in [0.717, 1.165) is 12.8 Å². The Kier molecular flexibility index (Phi) is 7.48. The molecule has 0 spiro atoms. The molecule has 0 atom stereocenters. The number of hydrogen-bond donors (Lipinski definition) is 1. The van der Waals surface area contributed by atoms with Gasteiger partial charge in [-0.15, -0.1) is 0 Å². The zero-order chi connectivity index (χ0) is 11.0. The van der Waals surface area contributed by atoms with Crippen LogP contribution in [-0.4, -0.2) is 36.1 Å². The third-order valence-electron chi connectivity index (χ3n) is 2.54. The average molecular weight is 201 g/mol. The van der Waals surface area contributed by atoms with Crippen molar-refractivity contribution in [2.24, 2.45) is 5.92 Å². The summed E-state index contributed by atoms with van der Waals surface area (Å²) in [7, 11) is 2.22. The van der Waals surface area contributed by atoms with Crippen molar-refractivity contribution < 1.29 is 9.90 Å². The molecule has 0 radical (unpaired) electrons. The van der Waals surface area contributed by atoms with Crippen LogP contribution in [0.4, 0.5) is 0 Å². The largest absolute Gasteiger partial charge is 0.481 e. The first-order chi connectivity index (χ1) is 6.56. The first kappa shape index (κ1) is 13.4. The standard InChI is InChI=1S/C9H19N.C2H4O2/c1-3-4-9-5-7-10(2)8-6-9;1-2(3)4/h9H,3-8H2,1-2H3;1H3,(H,3,4). The molecule has 0 bridgehead atoms. The van der Waals surface area contributed by atoms with E-state index in [1.165, 1.54) is 38.8 Å². The van der Waals surface area contributed by atoms with Gasteiger partial charge in [-0.3, -0.25) is 4.79 Å². The molecule has 0 unspecified atom stereocenters. The molecular weight excluding hydrogens is 178 g/mol. The smallest absolute Gasteiger partial charge is 0.300 e. The first-order valence-corrected chi connectivity index (χ1v) is 5.44. The zero-order valence-electron chi connectivity index (χ0n) is 9.62.